The number of nitrogens with one attached hydrogen (secondary N) is 1. The summed E-state index contributed by atoms with van der Waals surface area (Å²) in [6.45, 7) is 0.0887. The lowest BCUT2D eigenvalue weighted by Gasteiger charge is -2.16. The minimum absolute atomic E-state index is 0.0457. The molecule has 13 heteroatoms. The molecule has 0 spiro atoms. The van der Waals surface area contributed by atoms with E-state index >= 15 is 0 Å². The number of aromatic hydroxyl groups is 1. The molecule has 10 nitrogen and oxygen atoms in total. The molecule has 0 aromatic heterocycles. The Morgan fingerprint density at radius 1 is 1.21 bits per heavy atom. The van der Waals surface area contributed by atoms with Gasteiger partial charge in [-0.25, -0.2) is 0 Å². The number of non-ortho nitro benzene ring substituents is 1. The predicted octanol–water partition coefficient (Wildman–Crippen LogP) is 5.09. The number of hydrogen-bond acceptors (Lipinski definition) is 9. The zero-order valence-electron chi connectivity index (χ0n) is 19.5. The van der Waals surface area contributed by atoms with Gasteiger partial charge in [0.1, 0.15) is 12.4 Å². The molecule has 1 aliphatic rings. The third-order valence-electron chi connectivity index (χ3n) is 5.28. The summed E-state index contributed by atoms with van der Waals surface area (Å²) in [4.78, 5) is 36.7. The van der Waals surface area contributed by atoms with Gasteiger partial charge < -0.3 is 14.6 Å². The first-order valence-corrected chi connectivity index (χ1v) is 12.4. The number of rotatable bonds is 8. The van der Waals surface area contributed by atoms with Crippen molar-refractivity contribution in [2.45, 2.75) is 6.61 Å². The Balaban J connectivity index is 1.58. The molecule has 194 valence electrons. The third-order valence-corrected chi connectivity index (χ3v) is 6.95. The second-order valence-electron chi connectivity index (χ2n) is 7.70. The molecule has 1 heterocycles. The Morgan fingerprint density at radius 2 is 1.97 bits per heavy atom. The number of ether oxygens (including phenoxy) is 2. The number of amides is 2. The van der Waals surface area contributed by atoms with E-state index in [0.29, 0.717) is 10.6 Å². The highest BCUT2D eigenvalue weighted by Gasteiger charge is 2.34. The minimum Gasteiger partial charge on any atom is -0.504 e. The maximum Gasteiger partial charge on any atom is 0.285 e. The molecule has 38 heavy (non-hydrogen) atoms. The molecule has 0 saturated carbocycles. The first-order chi connectivity index (χ1) is 18.2. The molecule has 2 N–H and O–H groups in total. The van der Waals surface area contributed by atoms with E-state index in [1.807, 2.05) is 0 Å². The first kappa shape index (κ1) is 26.9. The molecule has 3 aromatic rings. The van der Waals surface area contributed by atoms with Gasteiger partial charge in [0.15, 0.2) is 15.8 Å². The van der Waals surface area contributed by atoms with Crippen molar-refractivity contribution in [3.8, 4) is 17.2 Å². The Kier molecular flexibility index (Phi) is 8.15. The maximum absolute atomic E-state index is 13.1. The normalized spacial score (nSPS) is 14.1. The van der Waals surface area contributed by atoms with Crippen molar-refractivity contribution in [3.05, 3.63) is 97.4 Å². The fourth-order valence-electron chi connectivity index (χ4n) is 3.35. The van der Waals surface area contributed by atoms with Crippen molar-refractivity contribution in [3.63, 3.8) is 0 Å². The van der Waals surface area contributed by atoms with Crippen molar-refractivity contribution < 1.29 is 29.1 Å². The maximum atomic E-state index is 13.1. The highest BCUT2D eigenvalue weighted by Crippen LogP contribution is 2.35. The van der Waals surface area contributed by atoms with Crippen LogP contribution < -0.4 is 14.9 Å². The van der Waals surface area contributed by atoms with E-state index < -0.39 is 16.7 Å². The highest BCUT2D eigenvalue weighted by molar-refractivity contribution is 8.26. The molecule has 4 rings (SSSR count). The molecule has 0 aliphatic carbocycles. The number of nitrogens with zero attached hydrogens (tertiary/aromatic N) is 2. The molecular formula is C25H18ClN3O7S2. The summed E-state index contributed by atoms with van der Waals surface area (Å²) in [5.41, 5.74) is 3.32. The number of carbonyl (C=O) groups is 2. The molecular weight excluding hydrogens is 554 g/mol. The third kappa shape index (κ3) is 5.88. The number of hydrogen-bond donors (Lipinski definition) is 2. The highest BCUT2D eigenvalue weighted by atomic mass is 35.5. The van der Waals surface area contributed by atoms with Crippen LogP contribution in [0.5, 0.6) is 17.2 Å². The van der Waals surface area contributed by atoms with Crippen LogP contribution in [-0.2, 0) is 11.4 Å². The van der Waals surface area contributed by atoms with E-state index in [2.05, 4.69) is 5.43 Å². The summed E-state index contributed by atoms with van der Waals surface area (Å²) in [7, 11) is 1.34. The number of nitro benzene ring substituents is 1. The van der Waals surface area contributed by atoms with E-state index in [0.717, 1.165) is 16.8 Å². The minimum atomic E-state index is -0.667. The Bertz CT molecular complexity index is 1500. The Morgan fingerprint density at radius 3 is 2.68 bits per heavy atom. The van der Waals surface area contributed by atoms with Gasteiger partial charge in [-0.15, -0.1) is 0 Å². The average Bonchev–Trinajstić information content (AvgIpc) is 3.16. The number of halogens is 1. The largest absolute Gasteiger partial charge is 0.504 e. The van der Waals surface area contributed by atoms with E-state index in [4.69, 9.17) is 33.3 Å². The van der Waals surface area contributed by atoms with Crippen molar-refractivity contribution in [1.82, 2.24) is 10.4 Å². The van der Waals surface area contributed by atoms with E-state index in [1.165, 1.54) is 49.6 Å². The summed E-state index contributed by atoms with van der Waals surface area (Å²) in [5, 5.41) is 22.5. The zero-order chi connectivity index (χ0) is 27.4. The molecule has 1 saturated heterocycles. The van der Waals surface area contributed by atoms with Gasteiger partial charge in [0.2, 0.25) is 0 Å². The Hall–Kier alpha value is -4.13. The number of hydrazine groups is 1. The fraction of sp³-hybridized carbons (Fsp3) is 0.0800. The monoisotopic (exact) mass is 571 g/mol. The average molecular weight is 572 g/mol. The molecule has 0 radical (unpaired) electrons. The summed E-state index contributed by atoms with van der Waals surface area (Å²) in [6.07, 6.45) is 1.41. The second-order valence-corrected chi connectivity index (χ2v) is 9.79. The number of nitro groups is 1. The van der Waals surface area contributed by atoms with Crippen LogP contribution in [0.1, 0.15) is 21.5 Å². The van der Waals surface area contributed by atoms with Crippen LogP contribution in [0.4, 0.5) is 5.69 Å². The molecule has 1 fully saturated rings. The standard InChI is InChI=1S/C25H18ClN3O7S2/c1-35-21-11-14(6-8-19(21)30)23(31)27-28-24(32)22(38-25(28)37)12-16-10-17(29(33)34)7-9-20(16)36-13-15-4-2-3-5-18(15)26/h2-12,30H,13H2,1H3,(H,27,31)/b22-12-. The lowest BCUT2D eigenvalue weighted by molar-refractivity contribution is -0.384. The van der Waals surface area contributed by atoms with Crippen LogP contribution in [-0.4, -0.2) is 38.3 Å². The van der Waals surface area contributed by atoms with E-state index in [-0.39, 0.29) is 49.9 Å². The van der Waals surface area contributed by atoms with Crippen molar-refractivity contribution >= 4 is 63.5 Å². The molecule has 1 aliphatic heterocycles. The number of thiocarbonyl (C=S) groups is 1. The SMILES string of the molecule is COc1cc(C(=O)NN2C(=O)/C(=C/c3cc([N+](=O)[O-])ccc3OCc3ccccc3Cl)SC2=S)ccc1O. The van der Waals surface area contributed by atoms with Gasteiger partial charge in [0.25, 0.3) is 17.5 Å². The first-order valence-electron chi connectivity index (χ1n) is 10.8. The second kappa shape index (κ2) is 11.5. The van der Waals surface area contributed by atoms with Crippen molar-refractivity contribution in [2.75, 3.05) is 7.11 Å². The molecule has 0 atom stereocenters. The van der Waals surface area contributed by atoms with Crippen LogP contribution in [0, 0.1) is 10.1 Å². The quantitative estimate of drug-likeness (QED) is 0.164. The number of carbonyl (C=O) groups excluding carboxylic acids is 2. The summed E-state index contributed by atoms with van der Waals surface area (Å²) in [5.74, 6) is -1.09. The Labute approximate surface area is 230 Å². The zero-order valence-corrected chi connectivity index (χ0v) is 21.9. The predicted molar refractivity (Wildman–Crippen MR) is 146 cm³/mol. The summed E-state index contributed by atoms with van der Waals surface area (Å²) < 4.78 is 10.9. The lowest BCUT2D eigenvalue weighted by atomic mass is 10.1. The van der Waals surface area contributed by atoms with Crippen LogP contribution in [0.25, 0.3) is 6.08 Å². The number of phenols is 1. The van der Waals surface area contributed by atoms with Gasteiger partial charge in [0, 0.05) is 33.8 Å². The van der Waals surface area contributed by atoms with Gasteiger partial charge in [-0.3, -0.25) is 25.1 Å². The summed E-state index contributed by atoms with van der Waals surface area (Å²) in [6, 6.07) is 15.0. The van der Waals surface area contributed by atoms with Gasteiger partial charge in [-0.05, 0) is 48.6 Å². The van der Waals surface area contributed by atoms with Crippen LogP contribution in [0.3, 0.4) is 0 Å². The molecule has 3 aromatic carbocycles. The number of thioether (sulfide) groups is 1. The van der Waals surface area contributed by atoms with Crippen LogP contribution >= 0.6 is 35.6 Å². The van der Waals surface area contributed by atoms with E-state index in [1.54, 1.807) is 24.3 Å². The van der Waals surface area contributed by atoms with Gasteiger partial charge in [-0.2, -0.15) is 5.01 Å². The van der Waals surface area contributed by atoms with Gasteiger partial charge in [-0.1, -0.05) is 41.6 Å². The molecule has 2 amide bonds. The van der Waals surface area contributed by atoms with Gasteiger partial charge in [0.05, 0.1) is 16.9 Å². The number of phenolic OH excluding ortho intramolecular Hbond substituents is 1. The van der Waals surface area contributed by atoms with Crippen molar-refractivity contribution in [1.29, 1.82) is 0 Å². The van der Waals surface area contributed by atoms with Crippen LogP contribution in [0.2, 0.25) is 5.02 Å². The van der Waals surface area contributed by atoms with Gasteiger partial charge >= 0.3 is 0 Å². The summed E-state index contributed by atoms with van der Waals surface area (Å²) >= 11 is 12.4. The molecule has 0 unspecified atom stereocenters. The topological polar surface area (TPSA) is 131 Å². The molecule has 0 bridgehead atoms. The van der Waals surface area contributed by atoms with E-state index in [9.17, 15) is 24.8 Å². The van der Waals surface area contributed by atoms with Crippen molar-refractivity contribution in [2.24, 2.45) is 0 Å². The smallest absolute Gasteiger partial charge is 0.285 e. The number of benzene rings is 3. The number of methoxy groups -OCH3 is 1. The lowest BCUT2D eigenvalue weighted by Crippen LogP contribution is -2.44. The fourth-order valence-corrected chi connectivity index (χ4v) is 4.72. The van der Waals surface area contributed by atoms with Crippen LogP contribution in [0.15, 0.2) is 65.6 Å².